The largest absolute Gasteiger partial charge is 0.461 e. The van der Waals surface area contributed by atoms with Crippen LogP contribution in [0.25, 0.3) is 0 Å². The van der Waals surface area contributed by atoms with E-state index in [1.807, 2.05) is 12.2 Å². The Labute approximate surface area is 327 Å². The van der Waals surface area contributed by atoms with Gasteiger partial charge in [0, 0.05) is 25.4 Å². The average Bonchev–Trinajstić information content (AvgIpc) is 3.11. The number of amides is 1. The Morgan fingerprint density at radius 1 is 0.566 bits per heavy atom. The highest BCUT2D eigenvalue weighted by molar-refractivity contribution is 5.69. The lowest BCUT2D eigenvalue weighted by Crippen LogP contribution is -2.36. The number of allylic oxidation sites excluding steroid dienone is 2. The first kappa shape index (κ1) is 50.6. The summed E-state index contributed by atoms with van der Waals surface area (Å²) < 4.78 is 16.4. The third-order valence-electron chi connectivity index (χ3n) is 9.63. The standard InChI is InChI=1S/C45H84N2O6/c1-7-9-11-13-15-23-29-35-51-43(48)33-27-21-17-19-25-31-42(46-45(50)53-39-41(4)37-40(3)38-47(5)6)32-26-20-18-22-28-34-44(49)52-36-30-24-16-14-12-10-8-2/h23-24,29-30,40-42H,7-22,25-28,31-39H2,1-6H3,(H,46,50)/b29-23-,30-24-. The molecule has 0 aliphatic rings. The van der Waals surface area contributed by atoms with Gasteiger partial charge in [0.2, 0.25) is 0 Å². The van der Waals surface area contributed by atoms with Gasteiger partial charge in [-0.2, -0.15) is 0 Å². The molecular formula is C45H84N2O6. The van der Waals surface area contributed by atoms with Gasteiger partial charge in [-0.1, -0.05) is 142 Å². The van der Waals surface area contributed by atoms with Crippen molar-refractivity contribution in [1.29, 1.82) is 0 Å². The molecule has 8 heteroatoms. The fraction of sp³-hybridized carbons (Fsp3) is 0.844. The first-order valence-electron chi connectivity index (χ1n) is 21.9. The van der Waals surface area contributed by atoms with Crippen LogP contribution in [0.15, 0.2) is 24.3 Å². The van der Waals surface area contributed by atoms with Crippen LogP contribution in [0.4, 0.5) is 4.79 Å². The second-order valence-corrected chi connectivity index (χ2v) is 15.8. The maximum Gasteiger partial charge on any atom is 0.407 e. The fourth-order valence-corrected chi connectivity index (χ4v) is 6.72. The predicted molar refractivity (Wildman–Crippen MR) is 222 cm³/mol. The van der Waals surface area contributed by atoms with E-state index in [-0.39, 0.29) is 24.1 Å². The number of esters is 2. The Balaban J connectivity index is 4.39. The monoisotopic (exact) mass is 749 g/mol. The summed E-state index contributed by atoms with van der Waals surface area (Å²) in [6.45, 7) is 11.0. The van der Waals surface area contributed by atoms with Gasteiger partial charge in [-0.05, 0) is 83.7 Å². The highest BCUT2D eigenvalue weighted by Crippen LogP contribution is 2.17. The zero-order valence-corrected chi connectivity index (χ0v) is 35.4. The minimum absolute atomic E-state index is 0.0924. The molecule has 2 atom stereocenters. The van der Waals surface area contributed by atoms with Gasteiger partial charge in [-0.3, -0.25) is 9.59 Å². The summed E-state index contributed by atoms with van der Waals surface area (Å²) >= 11 is 0. The van der Waals surface area contributed by atoms with Crippen molar-refractivity contribution in [2.24, 2.45) is 11.8 Å². The number of alkyl carbamates (subject to hydrolysis) is 1. The van der Waals surface area contributed by atoms with Gasteiger partial charge in [0.25, 0.3) is 0 Å². The molecule has 0 aliphatic carbocycles. The number of hydrogen-bond donors (Lipinski definition) is 1. The number of unbranched alkanes of at least 4 members (excludes halogenated alkanes) is 16. The zero-order chi connectivity index (χ0) is 39.2. The van der Waals surface area contributed by atoms with E-state index in [0.29, 0.717) is 44.5 Å². The maximum absolute atomic E-state index is 12.8. The summed E-state index contributed by atoms with van der Waals surface area (Å²) in [5.74, 6) is 0.647. The lowest BCUT2D eigenvalue weighted by Gasteiger charge is -2.22. The van der Waals surface area contributed by atoms with Crippen molar-refractivity contribution in [3.05, 3.63) is 24.3 Å². The average molecular weight is 749 g/mol. The molecule has 0 bridgehead atoms. The summed E-state index contributed by atoms with van der Waals surface area (Å²) in [5.41, 5.74) is 0. The molecule has 0 fully saturated rings. The van der Waals surface area contributed by atoms with Crippen LogP contribution in [0.2, 0.25) is 0 Å². The van der Waals surface area contributed by atoms with E-state index in [9.17, 15) is 14.4 Å². The second kappa shape index (κ2) is 37.9. The van der Waals surface area contributed by atoms with Crippen molar-refractivity contribution in [2.45, 2.75) is 194 Å². The van der Waals surface area contributed by atoms with Crippen LogP contribution in [0.3, 0.4) is 0 Å². The van der Waals surface area contributed by atoms with Gasteiger partial charge in [0.1, 0.15) is 13.2 Å². The molecule has 53 heavy (non-hydrogen) atoms. The predicted octanol–water partition coefficient (Wildman–Crippen LogP) is 11.9. The number of ether oxygens (including phenoxy) is 3. The fourth-order valence-electron chi connectivity index (χ4n) is 6.72. The number of rotatable bonds is 37. The van der Waals surface area contributed by atoms with Crippen LogP contribution in [-0.4, -0.2) is 69.4 Å². The van der Waals surface area contributed by atoms with Crippen molar-refractivity contribution in [2.75, 3.05) is 40.5 Å². The molecule has 0 spiro atoms. The summed E-state index contributed by atoms with van der Waals surface area (Å²) in [5, 5.41) is 3.17. The third kappa shape index (κ3) is 37.7. The van der Waals surface area contributed by atoms with Crippen molar-refractivity contribution in [1.82, 2.24) is 10.2 Å². The topological polar surface area (TPSA) is 94.2 Å². The van der Waals surface area contributed by atoms with Crippen molar-refractivity contribution in [3.63, 3.8) is 0 Å². The first-order valence-corrected chi connectivity index (χ1v) is 21.9. The van der Waals surface area contributed by atoms with E-state index in [2.05, 4.69) is 64.2 Å². The lowest BCUT2D eigenvalue weighted by molar-refractivity contribution is -0.143. The number of carbonyl (C=O) groups excluding carboxylic acids is 3. The van der Waals surface area contributed by atoms with Crippen LogP contribution >= 0.6 is 0 Å². The molecule has 8 nitrogen and oxygen atoms in total. The third-order valence-corrected chi connectivity index (χ3v) is 9.63. The van der Waals surface area contributed by atoms with Crippen molar-refractivity contribution in [3.8, 4) is 0 Å². The second-order valence-electron chi connectivity index (χ2n) is 15.8. The minimum Gasteiger partial charge on any atom is -0.461 e. The highest BCUT2D eigenvalue weighted by Gasteiger charge is 2.16. The summed E-state index contributed by atoms with van der Waals surface area (Å²) in [7, 11) is 4.18. The Morgan fingerprint density at radius 2 is 1.02 bits per heavy atom. The smallest absolute Gasteiger partial charge is 0.407 e. The van der Waals surface area contributed by atoms with Crippen LogP contribution < -0.4 is 5.32 Å². The molecular weight excluding hydrogens is 665 g/mol. The van der Waals surface area contributed by atoms with Crippen LogP contribution in [-0.2, 0) is 23.8 Å². The molecule has 0 rings (SSSR count). The molecule has 310 valence electrons. The Morgan fingerprint density at radius 3 is 1.49 bits per heavy atom. The SMILES string of the molecule is CCCCCC/C=C\COC(=O)CCCCCCCC(CCCCCCCC(=O)OC/C=C\CCCCCC)NC(=O)OCC(C)CC(C)CN(C)C. The van der Waals surface area contributed by atoms with Crippen molar-refractivity contribution >= 4 is 18.0 Å². The molecule has 0 aliphatic heterocycles. The molecule has 0 aromatic heterocycles. The van der Waals surface area contributed by atoms with E-state index in [1.165, 1.54) is 51.4 Å². The van der Waals surface area contributed by atoms with Gasteiger partial charge in [0.15, 0.2) is 0 Å². The van der Waals surface area contributed by atoms with Gasteiger partial charge < -0.3 is 24.4 Å². The van der Waals surface area contributed by atoms with Crippen molar-refractivity contribution < 1.29 is 28.6 Å². The van der Waals surface area contributed by atoms with E-state index >= 15 is 0 Å². The number of hydrogen-bond acceptors (Lipinski definition) is 7. The molecule has 2 unspecified atom stereocenters. The van der Waals surface area contributed by atoms with E-state index in [4.69, 9.17) is 14.2 Å². The first-order chi connectivity index (χ1) is 25.7. The molecule has 1 amide bonds. The van der Waals surface area contributed by atoms with Gasteiger partial charge in [-0.15, -0.1) is 0 Å². The van der Waals surface area contributed by atoms with Crippen LogP contribution in [0, 0.1) is 11.8 Å². The molecule has 0 saturated carbocycles. The summed E-state index contributed by atoms with van der Waals surface area (Å²) in [4.78, 5) is 39.1. The Hall–Kier alpha value is -2.35. The normalized spacial score (nSPS) is 12.9. The zero-order valence-electron chi connectivity index (χ0n) is 35.4. The Bertz CT molecular complexity index is 869. The molecule has 0 saturated heterocycles. The quantitative estimate of drug-likeness (QED) is 0.0292. The van der Waals surface area contributed by atoms with E-state index in [0.717, 1.165) is 103 Å². The Kier molecular flexibility index (Phi) is 36.3. The number of nitrogens with one attached hydrogen (secondary N) is 1. The van der Waals surface area contributed by atoms with E-state index in [1.54, 1.807) is 0 Å². The molecule has 0 radical (unpaired) electrons. The number of carbonyl (C=O) groups is 3. The van der Waals surface area contributed by atoms with Gasteiger partial charge >= 0.3 is 18.0 Å². The highest BCUT2D eigenvalue weighted by atomic mass is 16.5. The molecule has 1 N–H and O–H groups in total. The lowest BCUT2D eigenvalue weighted by atomic mass is 9.98. The molecule has 0 heterocycles. The minimum atomic E-state index is -0.309. The van der Waals surface area contributed by atoms with Crippen LogP contribution in [0.1, 0.15) is 188 Å². The molecule has 0 aromatic carbocycles. The maximum atomic E-state index is 12.8. The van der Waals surface area contributed by atoms with Crippen LogP contribution in [0.5, 0.6) is 0 Å². The van der Waals surface area contributed by atoms with Gasteiger partial charge in [0.05, 0.1) is 6.61 Å². The summed E-state index contributed by atoms with van der Waals surface area (Å²) in [6, 6.07) is 0.0924. The number of nitrogens with zero attached hydrogens (tertiary/aromatic N) is 1. The van der Waals surface area contributed by atoms with E-state index < -0.39 is 0 Å². The van der Waals surface area contributed by atoms with Gasteiger partial charge in [-0.25, -0.2) is 4.79 Å². The summed E-state index contributed by atoms with van der Waals surface area (Å²) in [6.07, 6.45) is 33.9. The molecule has 0 aromatic rings.